The van der Waals surface area contributed by atoms with E-state index in [9.17, 15) is 5.11 Å². The van der Waals surface area contributed by atoms with Gasteiger partial charge in [0.05, 0.1) is 5.60 Å². The molecule has 1 heterocycles. The highest BCUT2D eigenvalue weighted by Gasteiger charge is 2.43. The molecule has 0 bridgehead atoms. The van der Waals surface area contributed by atoms with E-state index in [-0.39, 0.29) is 0 Å². The van der Waals surface area contributed by atoms with Crippen LogP contribution in [0.3, 0.4) is 0 Å². The van der Waals surface area contributed by atoms with Gasteiger partial charge in [-0.1, -0.05) is 15.9 Å². The van der Waals surface area contributed by atoms with Crippen LogP contribution in [0.2, 0.25) is 0 Å². The molecule has 3 nitrogen and oxygen atoms in total. The van der Waals surface area contributed by atoms with Gasteiger partial charge < -0.3 is 14.7 Å². The summed E-state index contributed by atoms with van der Waals surface area (Å²) in [5.74, 6) is 0. The molecule has 0 radical (unpaired) electrons. The summed E-state index contributed by atoms with van der Waals surface area (Å²) in [6.45, 7) is 3.29. The summed E-state index contributed by atoms with van der Waals surface area (Å²) in [6, 6.07) is 0. The van der Waals surface area contributed by atoms with Crippen molar-refractivity contribution in [3.63, 3.8) is 0 Å². The van der Waals surface area contributed by atoms with Crippen LogP contribution in [0.25, 0.3) is 0 Å². The van der Waals surface area contributed by atoms with Crippen molar-refractivity contribution in [3.8, 4) is 0 Å². The zero-order valence-corrected chi connectivity index (χ0v) is 11.6. The van der Waals surface area contributed by atoms with Crippen molar-refractivity contribution >= 4 is 15.9 Å². The van der Waals surface area contributed by atoms with E-state index in [2.05, 4.69) is 27.9 Å². The molecule has 0 aromatic carbocycles. The zero-order chi connectivity index (χ0) is 11.6. The van der Waals surface area contributed by atoms with E-state index in [4.69, 9.17) is 4.74 Å². The molecule has 0 atom stereocenters. The Labute approximate surface area is 106 Å². The fraction of sp³-hybridized carbons (Fsp3) is 1.00. The molecule has 2 aliphatic rings. The van der Waals surface area contributed by atoms with E-state index >= 15 is 0 Å². The third-order valence-corrected chi connectivity index (χ3v) is 5.02. The van der Waals surface area contributed by atoms with Gasteiger partial charge in [-0.2, -0.15) is 0 Å². The van der Waals surface area contributed by atoms with Gasteiger partial charge in [0.1, 0.15) is 0 Å². The molecule has 1 saturated carbocycles. The van der Waals surface area contributed by atoms with Gasteiger partial charge in [-0.05, 0) is 25.3 Å². The number of ether oxygens (including phenoxy) is 1. The maximum atomic E-state index is 10.4. The number of alkyl halides is 1. The maximum Gasteiger partial charge on any atom is 0.0817 e. The average Bonchev–Trinajstić information content (AvgIpc) is 2.98. The first-order chi connectivity index (χ1) is 7.58. The summed E-state index contributed by atoms with van der Waals surface area (Å²) in [5.41, 5.74) is -0.0222. The molecular weight excluding hydrogens is 270 g/mol. The number of hydrogen-bond donors (Lipinski definition) is 1. The van der Waals surface area contributed by atoms with Crippen LogP contribution in [0.5, 0.6) is 0 Å². The molecule has 0 unspecified atom stereocenters. The lowest BCUT2D eigenvalue weighted by Crippen LogP contribution is -2.47. The van der Waals surface area contributed by atoms with Gasteiger partial charge in [0.2, 0.25) is 0 Å². The van der Waals surface area contributed by atoms with Gasteiger partial charge in [0, 0.05) is 44.5 Å². The maximum absolute atomic E-state index is 10.4. The Morgan fingerprint density at radius 2 is 1.81 bits per heavy atom. The Morgan fingerprint density at radius 3 is 2.31 bits per heavy atom. The van der Waals surface area contributed by atoms with Crippen molar-refractivity contribution in [1.29, 1.82) is 0 Å². The normalized spacial score (nSPS) is 27.0. The molecule has 0 aromatic heterocycles. The quantitative estimate of drug-likeness (QED) is 0.782. The minimum absolute atomic E-state index is 0.496. The first-order valence-corrected chi connectivity index (χ1v) is 7.24. The van der Waals surface area contributed by atoms with Crippen molar-refractivity contribution in [2.24, 2.45) is 5.41 Å². The predicted octanol–water partition coefficient (Wildman–Crippen LogP) is 1.63. The standard InChI is InChI=1S/C12H22BrNO2/c1-14(9-11(8-13)2-3-11)10-12(15)4-6-16-7-5-12/h15H,2-10H2,1H3. The third-order valence-electron chi connectivity index (χ3n) is 3.83. The molecule has 2 rings (SSSR count). The van der Waals surface area contributed by atoms with Crippen LogP contribution in [0.1, 0.15) is 25.7 Å². The molecule has 1 saturated heterocycles. The van der Waals surface area contributed by atoms with Gasteiger partial charge in [0.15, 0.2) is 0 Å². The highest BCUT2D eigenvalue weighted by atomic mass is 79.9. The Balaban J connectivity index is 1.79. The Hall–Kier alpha value is 0.360. The van der Waals surface area contributed by atoms with Crippen molar-refractivity contribution in [2.45, 2.75) is 31.3 Å². The van der Waals surface area contributed by atoms with Crippen molar-refractivity contribution in [3.05, 3.63) is 0 Å². The molecule has 1 aliphatic carbocycles. The van der Waals surface area contributed by atoms with Crippen LogP contribution in [0, 0.1) is 5.41 Å². The molecule has 4 heteroatoms. The van der Waals surface area contributed by atoms with Gasteiger partial charge in [-0.25, -0.2) is 0 Å². The lowest BCUT2D eigenvalue weighted by atomic mass is 9.93. The van der Waals surface area contributed by atoms with Crippen molar-refractivity contribution < 1.29 is 9.84 Å². The van der Waals surface area contributed by atoms with E-state index < -0.39 is 5.60 Å². The van der Waals surface area contributed by atoms with E-state index in [1.165, 1.54) is 12.8 Å². The zero-order valence-electron chi connectivity index (χ0n) is 10.0. The highest BCUT2D eigenvalue weighted by molar-refractivity contribution is 9.09. The van der Waals surface area contributed by atoms with Crippen LogP contribution in [-0.2, 0) is 4.74 Å². The fourth-order valence-electron chi connectivity index (χ4n) is 2.55. The molecule has 0 spiro atoms. The molecular formula is C12H22BrNO2. The molecule has 16 heavy (non-hydrogen) atoms. The van der Waals surface area contributed by atoms with Gasteiger partial charge in [-0.3, -0.25) is 0 Å². The minimum Gasteiger partial charge on any atom is -0.388 e. The van der Waals surface area contributed by atoms with Gasteiger partial charge in [-0.15, -0.1) is 0 Å². The lowest BCUT2D eigenvalue weighted by molar-refractivity contribution is -0.0781. The van der Waals surface area contributed by atoms with Crippen LogP contribution in [0.15, 0.2) is 0 Å². The summed E-state index contributed by atoms with van der Waals surface area (Å²) < 4.78 is 5.29. The van der Waals surface area contributed by atoms with Crippen LogP contribution < -0.4 is 0 Å². The average molecular weight is 292 g/mol. The van der Waals surface area contributed by atoms with Crippen molar-refractivity contribution in [1.82, 2.24) is 4.90 Å². The molecule has 0 aromatic rings. The van der Waals surface area contributed by atoms with E-state index in [0.29, 0.717) is 18.6 Å². The SMILES string of the molecule is CN(CC1(O)CCOCC1)CC1(CBr)CC1. The Bertz CT molecular complexity index is 237. The third kappa shape index (κ3) is 3.19. The largest absolute Gasteiger partial charge is 0.388 e. The second-order valence-corrected chi connectivity index (χ2v) is 6.20. The number of hydrogen-bond acceptors (Lipinski definition) is 3. The number of rotatable bonds is 5. The predicted molar refractivity (Wildman–Crippen MR) is 68.0 cm³/mol. The highest BCUT2D eigenvalue weighted by Crippen LogP contribution is 2.47. The second kappa shape index (κ2) is 4.92. The summed E-state index contributed by atoms with van der Waals surface area (Å²) in [7, 11) is 2.12. The summed E-state index contributed by atoms with van der Waals surface area (Å²) in [5, 5.41) is 11.5. The smallest absolute Gasteiger partial charge is 0.0817 e. The number of likely N-dealkylation sites (N-methyl/N-ethyl adjacent to an activating group) is 1. The molecule has 1 aliphatic heterocycles. The lowest BCUT2D eigenvalue weighted by Gasteiger charge is -2.36. The molecule has 1 N–H and O–H groups in total. The number of nitrogens with zero attached hydrogens (tertiary/aromatic N) is 1. The van der Waals surface area contributed by atoms with E-state index in [1.54, 1.807) is 0 Å². The molecule has 94 valence electrons. The van der Waals surface area contributed by atoms with Gasteiger partial charge in [0.25, 0.3) is 0 Å². The molecule has 0 amide bonds. The fourth-order valence-corrected chi connectivity index (χ4v) is 3.29. The van der Waals surface area contributed by atoms with Crippen molar-refractivity contribution in [2.75, 3.05) is 38.7 Å². The van der Waals surface area contributed by atoms with Crippen LogP contribution >= 0.6 is 15.9 Å². The number of halogens is 1. The second-order valence-electron chi connectivity index (χ2n) is 5.64. The minimum atomic E-state index is -0.518. The first-order valence-electron chi connectivity index (χ1n) is 6.12. The first kappa shape index (κ1) is 12.8. The van der Waals surface area contributed by atoms with Gasteiger partial charge >= 0.3 is 0 Å². The summed E-state index contributed by atoms with van der Waals surface area (Å²) in [4.78, 5) is 2.29. The number of aliphatic hydroxyl groups is 1. The molecule has 2 fully saturated rings. The van der Waals surface area contributed by atoms with Crippen LogP contribution in [-0.4, -0.2) is 54.3 Å². The summed E-state index contributed by atoms with van der Waals surface area (Å²) in [6.07, 6.45) is 4.20. The Morgan fingerprint density at radius 1 is 1.19 bits per heavy atom. The van der Waals surface area contributed by atoms with E-state index in [0.717, 1.165) is 31.3 Å². The monoisotopic (exact) mass is 291 g/mol. The van der Waals surface area contributed by atoms with E-state index in [1.807, 2.05) is 0 Å². The topological polar surface area (TPSA) is 32.7 Å². The van der Waals surface area contributed by atoms with Crippen LogP contribution in [0.4, 0.5) is 0 Å². The Kier molecular flexibility index (Phi) is 3.94. The summed E-state index contributed by atoms with van der Waals surface area (Å²) >= 11 is 3.59.